The Hall–Kier alpha value is -1.17. The summed E-state index contributed by atoms with van der Waals surface area (Å²) in [5.74, 6) is 0.349. The quantitative estimate of drug-likeness (QED) is 0.948. The zero-order chi connectivity index (χ0) is 13.9. The Kier molecular flexibility index (Phi) is 4.19. The molecule has 2 aromatic heterocycles. The minimum Gasteiger partial charge on any atom is -0.313 e. The van der Waals surface area contributed by atoms with E-state index in [1.165, 1.54) is 11.2 Å². The van der Waals surface area contributed by atoms with Crippen molar-refractivity contribution in [2.45, 2.75) is 25.3 Å². The van der Waals surface area contributed by atoms with Crippen LogP contribution in [0, 0.1) is 0 Å². The highest BCUT2D eigenvalue weighted by atomic mass is 35.5. The van der Waals surface area contributed by atoms with Gasteiger partial charge in [-0.05, 0) is 31.5 Å². The molecule has 0 saturated carbocycles. The topological polar surface area (TPSA) is 49.0 Å². The molecule has 20 heavy (non-hydrogen) atoms. The van der Waals surface area contributed by atoms with Gasteiger partial charge in [0.25, 0.3) is 5.56 Å². The van der Waals surface area contributed by atoms with Gasteiger partial charge in [-0.1, -0.05) is 11.6 Å². The lowest BCUT2D eigenvalue weighted by molar-refractivity contribution is 0.200. The molecule has 0 aromatic carbocycles. The summed E-state index contributed by atoms with van der Waals surface area (Å²) in [7, 11) is 0. The fraction of sp³-hybridized carbons (Fsp3) is 0.429. The molecule has 2 aromatic rings. The highest BCUT2D eigenvalue weighted by molar-refractivity contribution is 7.16. The van der Waals surface area contributed by atoms with E-state index in [1.54, 1.807) is 17.4 Å². The Morgan fingerprint density at radius 3 is 3.15 bits per heavy atom. The summed E-state index contributed by atoms with van der Waals surface area (Å²) in [6.45, 7) is 2.97. The summed E-state index contributed by atoms with van der Waals surface area (Å²) < 4.78 is 0.838. The number of nitrogens with zero attached hydrogens (tertiary/aromatic N) is 2. The van der Waals surface area contributed by atoms with Gasteiger partial charge in [0.15, 0.2) is 0 Å². The third-order valence-electron chi connectivity index (χ3n) is 3.63. The molecular weight excluding hydrogens is 294 g/mol. The van der Waals surface area contributed by atoms with Crippen molar-refractivity contribution in [3.8, 4) is 0 Å². The molecule has 4 nitrogen and oxygen atoms in total. The zero-order valence-electron chi connectivity index (χ0n) is 11.0. The van der Waals surface area contributed by atoms with Crippen LogP contribution in [0.3, 0.4) is 0 Å². The molecule has 1 atom stereocenters. The van der Waals surface area contributed by atoms with E-state index in [4.69, 9.17) is 11.6 Å². The summed E-state index contributed by atoms with van der Waals surface area (Å²) in [5, 5.41) is 0. The largest absolute Gasteiger partial charge is 0.313 e. The second kappa shape index (κ2) is 6.08. The van der Waals surface area contributed by atoms with Crippen LogP contribution in [-0.4, -0.2) is 28.0 Å². The number of hydrogen-bond donors (Lipinski definition) is 1. The smallest absolute Gasteiger partial charge is 0.250 e. The second-order valence-electron chi connectivity index (χ2n) is 5.12. The van der Waals surface area contributed by atoms with E-state index in [0.717, 1.165) is 42.5 Å². The number of piperidine rings is 1. The average molecular weight is 310 g/mol. The van der Waals surface area contributed by atoms with Gasteiger partial charge in [0.2, 0.25) is 0 Å². The standard InChI is InChI=1S/C14H16ClN3OS/c15-13-4-3-11(20-13)8-18-5-1-2-10(7-18)12-6-14(19)17-9-16-12/h3-4,6,9-10H,1-2,5,7-8H2,(H,16,17,19)/t10-/m1/s1. The maximum Gasteiger partial charge on any atom is 0.250 e. The first kappa shape index (κ1) is 13.8. The number of aromatic nitrogens is 2. The number of rotatable bonds is 3. The second-order valence-corrected chi connectivity index (χ2v) is 6.92. The van der Waals surface area contributed by atoms with E-state index >= 15 is 0 Å². The Morgan fingerprint density at radius 1 is 1.50 bits per heavy atom. The van der Waals surface area contributed by atoms with Gasteiger partial charge in [0.05, 0.1) is 16.4 Å². The number of H-pyrrole nitrogens is 1. The molecule has 6 heteroatoms. The highest BCUT2D eigenvalue weighted by Gasteiger charge is 2.22. The molecule has 106 valence electrons. The number of aromatic amines is 1. The highest BCUT2D eigenvalue weighted by Crippen LogP contribution is 2.28. The Balaban J connectivity index is 1.68. The summed E-state index contributed by atoms with van der Waals surface area (Å²) in [4.78, 5) is 22.0. The summed E-state index contributed by atoms with van der Waals surface area (Å²) in [5.41, 5.74) is 0.833. The summed E-state index contributed by atoms with van der Waals surface area (Å²) in [6.07, 6.45) is 3.73. The number of nitrogens with one attached hydrogen (secondary N) is 1. The molecule has 0 radical (unpaired) electrons. The minimum atomic E-state index is -0.0721. The zero-order valence-corrected chi connectivity index (χ0v) is 12.6. The molecule has 0 aliphatic carbocycles. The average Bonchev–Trinajstić information content (AvgIpc) is 2.84. The monoisotopic (exact) mass is 309 g/mol. The fourth-order valence-electron chi connectivity index (χ4n) is 2.70. The summed E-state index contributed by atoms with van der Waals surface area (Å²) in [6, 6.07) is 5.65. The van der Waals surface area contributed by atoms with E-state index in [0.29, 0.717) is 5.92 Å². The first-order valence-electron chi connectivity index (χ1n) is 6.72. The van der Waals surface area contributed by atoms with Crippen molar-refractivity contribution in [2.24, 2.45) is 0 Å². The van der Waals surface area contributed by atoms with E-state index in [9.17, 15) is 4.79 Å². The third-order valence-corrected chi connectivity index (χ3v) is 4.85. The van der Waals surface area contributed by atoms with Gasteiger partial charge < -0.3 is 4.98 Å². The Morgan fingerprint density at radius 2 is 2.40 bits per heavy atom. The van der Waals surface area contributed by atoms with Crippen molar-refractivity contribution in [3.63, 3.8) is 0 Å². The number of hydrogen-bond acceptors (Lipinski definition) is 4. The first-order valence-corrected chi connectivity index (χ1v) is 7.91. The van der Waals surface area contributed by atoms with Crippen LogP contribution in [0.15, 0.2) is 29.3 Å². The maximum absolute atomic E-state index is 11.4. The van der Waals surface area contributed by atoms with Crippen LogP contribution >= 0.6 is 22.9 Å². The molecule has 0 spiro atoms. The van der Waals surface area contributed by atoms with Crippen LogP contribution in [0.1, 0.15) is 29.3 Å². The molecule has 0 unspecified atom stereocenters. The lowest BCUT2D eigenvalue weighted by Gasteiger charge is -2.31. The number of thiophene rings is 1. The lowest BCUT2D eigenvalue weighted by atomic mass is 9.94. The maximum atomic E-state index is 11.4. The van der Waals surface area contributed by atoms with Crippen LogP contribution in [0.4, 0.5) is 0 Å². The normalized spacial score (nSPS) is 20.1. The molecule has 1 fully saturated rings. The van der Waals surface area contributed by atoms with Gasteiger partial charge in [-0.3, -0.25) is 9.69 Å². The third kappa shape index (κ3) is 3.29. The van der Waals surface area contributed by atoms with Gasteiger partial charge in [0.1, 0.15) is 0 Å². The van der Waals surface area contributed by atoms with Crippen molar-refractivity contribution in [3.05, 3.63) is 49.8 Å². The molecule has 1 aliphatic rings. The van der Waals surface area contributed by atoms with Crippen LogP contribution in [0.2, 0.25) is 4.34 Å². The SMILES string of the molecule is O=c1cc([C@@H]2CCCN(Cc3ccc(Cl)s3)C2)nc[nH]1. The minimum absolute atomic E-state index is 0.0721. The van der Waals surface area contributed by atoms with Gasteiger partial charge in [-0.25, -0.2) is 4.98 Å². The lowest BCUT2D eigenvalue weighted by Crippen LogP contribution is -2.34. The van der Waals surface area contributed by atoms with E-state index in [-0.39, 0.29) is 5.56 Å². The van der Waals surface area contributed by atoms with Gasteiger partial charge in [-0.15, -0.1) is 11.3 Å². The molecular formula is C14H16ClN3OS. The van der Waals surface area contributed by atoms with E-state index in [1.807, 2.05) is 6.07 Å². The first-order chi connectivity index (χ1) is 9.70. The van der Waals surface area contributed by atoms with Crippen LogP contribution < -0.4 is 5.56 Å². The number of halogens is 1. The Labute approximate surface area is 126 Å². The van der Waals surface area contributed by atoms with Gasteiger partial charge >= 0.3 is 0 Å². The van der Waals surface area contributed by atoms with Gasteiger partial charge in [0, 0.05) is 30.0 Å². The van der Waals surface area contributed by atoms with Crippen molar-refractivity contribution < 1.29 is 0 Å². The summed E-state index contributed by atoms with van der Waals surface area (Å²) >= 11 is 7.61. The van der Waals surface area contributed by atoms with Crippen LogP contribution in [0.5, 0.6) is 0 Å². The predicted molar refractivity (Wildman–Crippen MR) is 81.4 cm³/mol. The van der Waals surface area contributed by atoms with Crippen molar-refractivity contribution in [2.75, 3.05) is 13.1 Å². The van der Waals surface area contributed by atoms with E-state index < -0.39 is 0 Å². The predicted octanol–water partition coefficient (Wildman–Crippen LogP) is 2.86. The fourth-order valence-corrected chi connectivity index (χ4v) is 3.83. The molecule has 1 saturated heterocycles. The molecule has 3 heterocycles. The molecule has 1 aliphatic heterocycles. The van der Waals surface area contributed by atoms with Gasteiger partial charge in [-0.2, -0.15) is 0 Å². The van der Waals surface area contributed by atoms with Crippen LogP contribution in [0.25, 0.3) is 0 Å². The van der Waals surface area contributed by atoms with Crippen molar-refractivity contribution in [1.29, 1.82) is 0 Å². The van der Waals surface area contributed by atoms with E-state index in [2.05, 4.69) is 20.9 Å². The molecule has 0 bridgehead atoms. The van der Waals surface area contributed by atoms with Crippen molar-refractivity contribution in [1.82, 2.24) is 14.9 Å². The van der Waals surface area contributed by atoms with Crippen LogP contribution in [-0.2, 0) is 6.54 Å². The van der Waals surface area contributed by atoms with Crippen molar-refractivity contribution >= 4 is 22.9 Å². The number of likely N-dealkylation sites (tertiary alicyclic amines) is 1. The molecule has 1 N–H and O–H groups in total. The Bertz CT molecular complexity index is 639. The molecule has 3 rings (SSSR count). The molecule has 0 amide bonds.